The first-order valence-corrected chi connectivity index (χ1v) is 10.3. The number of rotatable bonds is 6. The van der Waals surface area contributed by atoms with E-state index < -0.39 is 0 Å². The summed E-state index contributed by atoms with van der Waals surface area (Å²) in [7, 11) is 0. The molecule has 30 heavy (non-hydrogen) atoms. The summed E-state index contributed by atoms with van der Waals surface area (Å²) in [6.45, 7) is 0. The van der Waals surface area contributed by atoms with Crippen molar-refractivity contribution in [2.45, 2.75) is 17.3 Å². The summed E-state index contributed by atoms with van der Waals surface area (Å²) in [6, 6.07) is 21.0. The van der Waals surface area contributed by atoms with Gasteiger partial charge in [-0.3, -0.25) is 9.59 Å². The molecule has 0 atom stereocenters. The second kappa shape index (κ2) is 8.92. The number of nitrogens with one attached hydrogen (secondary N) is 2. The molecular weight excluding hydrogens is 401 g/mol. The van der Waals surface area contributed by atoms with Gasteiger partial charge in [0.15, 0.2) is 5.16 Å². The van der Waals surface area contributed by atoms with Gasteiger partial charge in [0.25, 0.3) is 5.56 Å². The Labute approximate surface area is 176 Å². The summed E-state index contributed by atoms with van der Waals surface area (Å²) in [6.07, 6.45) is -0.0166. The van der Waals surface area contributed by atoms with Gasteiger partial charge in [-0.2, -0.15) is 0 Å². The quantitative estimate of drug-likeness (QED) is 0.356. The lowest BCUT2D eigenvalue weighted by atomic mass is 10.1. The van der Waals surface area contributed by atoms with Crippen molar-refractivity contribution in [2.24, 2.45) is 0 Å². The summed E-state index contributed by atoms with van der Waals surface area (Å²) in [5.74, 6) is -0.0251. The molecule has 3 aromatic carbocycles. The third-order valence-electron chi connectivity index (χ3n) is 4.47. The van der Waals surface area contributed by atoms with Crippen LogP contribution in [-0.4, -0.2) is 15.9 Å². The van der Waals surface area contributed by atoms with E-state index in [0.717, 1.165) is 16.3 Å². The minimum absolute atomic E-state index is 0.0166. The SMILES string of the molecule is O=C(Cc1cc(=O)[nH]c(SCc2ccc(F)cc2)n1)Nc1cccc2ccccc12. The third kappa shape index (κ3) is 4.93. The molecular formula is C23H18FN3O2S. The minimum atomic E-state index is -0.320. The zero-order valence-electron chi connectivity index (χ0n) is 15.9. The van der Waals surface area contributed by atoms with E-state index in [-0.39, 0.29) is 23.7 Å². The van der Waals surface area contributed by atoms with Crippen LogP contribution in [0.4, 0.5) is 10.1 Å². The predicted octanol–water partition coefficient (Wildman–Crippen LogP) is 4.54. The maximum absolute atomic E-state index is 13.0. The molecule has 1 heterocycles. The number of nitrogens with zero attached hydrogens (tertiary/aromatic N) is 1. The molecule has 0 aliphatic carbocycles. The predicted molar refractivity (Wildman–Crippen MR) is 117 cm³/mol. The van der Waals surface area contributed by atoms with E-state index in [1.165, 1.54) is 30.0 Å². The van der Waals surface area contributed by atoms with Gasteiger partial charge >= 0.3 is 0 Å². The van der Waals surface area contributed by atoms with E-state index in [9.17, 15) is 14.0 Å². The third-order valence-corrected chi connectivity index (χ3v) is 5.41. The van der Waals surface area contributed by atoms with Gasteiger partial charge in [0.1, 0.15) is 5.82 Å². The number of carbonyl (C=O) groups excluding carboxylic acids is 1. The fraction of sp³-hybridized carbons (Fsp3) is 0.0870. The van der Waals surface area contributed by atoms with Crippen LogP contribution in [0.5, 0.6) is 0 Å². The smallest absolute Gasteiger partial charge is 0.251 e. The zero-order valence-corrected chi connectivity index (χ0v) is 16.7. The fourth-order valence-corrected chi connectivity index (χ4v) is 3.92. The average Bonchev–Trinajstić information content (AvgIpc) is 2.73. The average molecular weight is 419 g/mol. The van der Waals surface area contributed by atoms with Crippen LogP contribution < -0.4 is 10.9 Å². The molecule has 0 radical (unpaired) electrons. The number of thioether (sulfide) groups is 1. The van der Waals surface area contributed by atoms with Crippen molar-refractivity contribution < 1.29 is 9.18 Å². The van der Waals surface area contributed by atoms with Crippen LogP contribution in [-0.2, 0) is 17.0 Å². The highest BCUT2D eigenvalue weighted by atomic mass is 32.2. The molecule has 0 saturated heterocycles. The van der Waals surface area contributed by atoms with Crippen LogP contribution in [0.25, 0.3) is 10.8 Å². The number of hydrogen-bond acceptors (Lipinski definition) is 4. The molecule has 4 rings (SSSR count). The fourth-order valence-electron chi connectivity index (χ4n) is 3.07. The van der Waals surface area contributed by atoms with Crippen molar-refractivity contribution in [3.63, 3.8) is 0 Å². The van der Waals surface area contributed by atoms with Crippen molar-refractivity contribution in [1.82, 2.24) is 9.97 Å². The largest absolute Gasteiger partial charge is 0.325 e. The van der Waals surface area contributed by atoms with Gasteiger partial charge in [-0.05, 0) is 29.1 Å². The lowest BCUT2D eigenvalue weighted by molar-refractivity contribution is -0.115. The number of hydrogen-bond donors (Lipinski definition) is 2. The van der Waals surface area contributed by atoms with Crippen LogP contribution in [0.2, 0.25) is 0 Å². The Balaban J connectivity index is 1.45. The van der Waals surface area contributed by atoms with Crippen molar-refractivity contribution >= 4 is 34.1 Å². The Hall–Kier alpha value is -3.45. The number of amides is 1. The molecule has 7 heteroatoms. The van der Waals surface area contributed by atoms with Crippen molar-refractivity contribution in [2.75, 3.05) is 5.32 Å². The lowest BCUT2D eigenvalue weighted by Crippen LogP contribution is -2.18. The second-order valence-electron chi connectivity index (χ2n) is 6.71. The Morgan fingerprint density at radius 3 is 2.63 bits per heavy atom. The van der Waals surface area contributed by atoms with E-state index in [4.69, 9.17) is 0 Å². The molecule has 0 bridgehead atoms. The Bertz CT molecular complexity index is 1250. The molecule has 0 aliphatic rings. The van der Waals surface area contributed by atoms with Crippen LogP contribution in [0.1, 0.15) is 11.3 Å². The first kappa shape index (κ1) is 19.8. The Morgan fingerprint density at radius 1 is 1.03 bits per heavy atom. The molecule has 150 valence electrons. The number of anilines is 1. The maximum atomic E-state index is 13.0. The van der Waals surface area contributed by atoms with Crippen molar-refractivity contribution in [1.29, 1.82) is 0 Å². The van der Waals surface area contributed by atoms with Gasteiger partial charge in [0, 0.05) is 22.9 Å². The Morgan fingerprint density at radius 2 is 1.80 bits per heavy atom. The molecule has 1 amide bonds. The first-order chi connectivity index (χ1) is 14.6. The highest BCUT2D eigenvalue weighted by Gasteiger charge is 2.10. The standard InChI is InChI=1S/C23H18FN3O2S/c24-17-10-8-15(9-11-17)14-30-23-25-18(13-22(29)27-23)12-21(28)26-20-7-3-5-16-4-1-2-6-19(16)20/h1-11,13H,12,14H2,(H,26,28)(H,25,27,29). The molecule has 0 saturated carbocycles. The maximum Gasteiger partial charge on any atom is 0.251 e. The molecule has 4 aromatic rings. The minimum Gasteiger partial charge on any atom is -0.325 e. The summed E-state index contributed by atoms with van der Waals surface area (Å²) in [4.78, 5) is 31.6. The number of H-pyrrole nitrogens is 1. The number of aromatic amines is 1. The van der Waals surface area contributed by atoms with E-state index in [2.05, 4.69) is 15.3 Å². The number of fused-ring (bicyclic) bond motifs is 1. The zero-order chi connectivity index (χ0) is 20.9. The van der Waals surface area contributed by atoms with E-state index in [0.29, 0.717) is 22.3 Å². The lowest BCUT2D eigenvalue weighted by Gasteiger charge is -2.09. The highest BCUT2D eigenvalue weighted by molar-refractivity contribution is 7.98. The van der Waals surface area contributed by atoms with E-state index in [1.54, 1.807) is 12.1 Å². The molecule has 2 N–H and O–H groups in total. The van der Waals surface area contributed by atoms with Gasteiger partial charge in [0.2, 0.25) is 5.91 Å². The summed E-state index contributed by atoms with van der Waals surface area (Å²) < 4.78 is 13.0. The monoisotopic (exact) mass is 419 g/mol. The van der Waals surface area contributed by atoms with Crippen molar-refractivity contribution in [3.8, 4) is 0 Å². The number of halogens is 1. The van der Waals surface area contributed by atoms with Gasteiger partial charge in [-0.1, -0.05) is 60.3 Å². The van der Waals surface area contributed by atoms with E-state index >= 15 is 0 Å². The van der Waals surface area contributed by atoms with Crippen molar-refractivity contribution in [3.05, 3.63) is 100 Å². The Kier molecular flexibility index (Phi) is 5.90. The molecule has 0 spiro atoms. The molecule has 1 aromatic heterocycles. The normalized spacial score (nSPS) is 10.8. The van der Waals surface area contributed by atoms with E-state index in [1.807, 2.05) is 42.5 Å². The molecule has 0 fully saturated rings. The van der Waals surface area contributed by atoms with Gasteiger partial charge in [-0.25, -0.2) is 9.37 Å². The van der Waals surface area contributed by atoms with Crippen LogP contribution in [0, 0.1) is 5.82 Å². The second-order valence-corrected chi connectivity index (χ2v) is 7.67. The highest BCUT2D eigenvalue weighted by Crippen LogP contribution is 2.23. The van der Waals surface area contributed by atoms with Crippen LogP contribution in [0.15, 0.2) is 82.7 Å². The van der Waals surface area contributed by atoms with Gasteiger partial charge < -0.3 is 10.3 Å². The molecule has 0 aliphatic heterocycles. The number of carbonyl (C=O) groups is 1. The topological polar surface area (TPSA) is 74.8 Å². The summed E-state index contributed by atoms with van der Waals surface area (Å²) in [5.41, 5.74) is 1.69. The molecule has 5 nitrogen and oxygen atoms in total. The number of aromatic nitrogens is 2. The van der Waals surface area contributed by atoms with Gasteiger partial charge in [0.05, 0.1) is 12.1 Å². The number of benzene rings is 3. The first-order valence-electron chi connectivity index (χ1n) is 9.32. The van der Waals surface area contributed by atoms with Crippen LogP contribution in [0.3, 0.4) is 0 Å². The van der Waals surface area contributed by atoms with Gasteiger partial charge in [-0.15, -0.1) is 0 Å². The summed E-state index contributed by atoms with van der Waals surface area (Å²) >= 11 is 1.32. The van der Waals surface area contributed by atoms with Crippen LogP contribution >= 0.6 is 11.8 Å². The summed E-state index contributed by atoms with van der Waals surface area (Å²) in [5, 5.41) is 5.30. The molecule has 0 unspecified atom stereocenters.